The number of hydrogen-bond donors (Lipinski definition) is 2. The molecule has 24 heavy (non-hydrogen) atoms. The normalized spacial score (nSPS) is 14.3. The van der Waals surface area contributed by atoms with E-state index in [0.29, 0.717) is 13.0 Å². The Morgan fingerprint density at radius 1 is 1.00 bits per heavy atom. The Morgan fingerprint density at radius 2 is 1.71 bits per heavy atom. The van der Waals surface area contributed by atoms with E-state index in [4.69, 9.17) is 0 Å². The van der Waals surface area contributed by atoms with Crippen molar-refractivity contribution >= 4 is 23.2 Å². The Kier molecular flexibility index (Phi) is 7.59. The molecule has 1 aromatic rings. The molecule has 0 radical (unpaired) electrons. The van der Waals surface area contributed by atoms with Crippen LogP contribution < -0.4 is 15.5 Å². The zero-order valence-electron chi connectivity index (χ0n) is 14.6. The molecule has 0 unspecified atom stereocenters. The van der Waals surface area contributed by atoms with Gasteiger partial charge in [-0.2, -0.15) is 0 Å². The van der Waals surface area contributed by atoms with Crippen molar-refractivity contribution in [1.29, 1.82) is 0 Å². The summed E-state index contributed by atoms with van der Waals surface area (Å²) in [4.78, 5) is 25.1. The molecule has 1 aromatic carbocycles. The third-order valence-corrected chi connectivity index (χ3v) is 4.33. The topological polar surface area (TPSA) is 61.4 Å². The van der Waals surface area contributed by atoms with Gasteiger partial charge in [0.2, 0.25) is 11.8 Å². The van der Waals surface area contributed by atoms with E-state index < -0.39 is 0 Å². The molecule has 1 fully saturated rings. The minimum atomic E-state index is 0.000688. The van der Waals surface area contributed by atoms with Crippen molar-refractivity contribution in [2.75, 3.05) is 29.9 Å². The van der Waals surface area contributed by atoms with Gasteiger partial charge in [-0.15, -0.1) is 0 Å². The number of benzene rings is 1. The van der Waals surface area contributed by atoms with Gasteiger partial charge < -0.3 is 15.5 Å². The molecule has 2 rings (SSSR count). The van der Waals surface area contributed by atoms with E-state index in [1.807, 2.05) is 12.1 Å². The maximum absolute atomic E-state index is 11.9. The summed E-state index contributed by atoms with van der Waals surface area (Å²) in [6.07, 6.45) is 7.08. The van der Waals surface area contributed by atoms with Crippen LogP contribution in [0.15, 0.2) is 24.3 Å². The number of carbonyl (C=O) groups is 2. The van der Waals surface area contributed by atoms with Crippen LogP contribution in [0.2, 0.25) is 0 Å². The first-order chi connectivity index (χ1) is 11.6. The molecule has 5 nitrogen and oxygen atoms in total. The molecule has 1 aliphatic rings. The quantitative estimate of drug-likeness (QED) is 0.718. The van der Waals surface area contributed by atoms with Crippen LogP contribution in [-0.4, -0.2) is 31.4 Å². The lowest BCUT2D eigenvalue weighted by molar-refractivity contribution is -0.119. The van der Waals surface area contributed by atoms with E-state index in [0.717, 1.165) is 38.0 Å². The van der Waals surface area contributed by atoms with Crippen molar-refractivity contribution in [2.24, 2.45) is 0 Å². The number of anilines is 2. The summed E-state index contributed by atoms with van der Waals surface area (Å²) in [5.41, 5.74) is 2.10. The largest absolute Gasteiger partial charge is 0.372 e. The lowest BCUT2D eigenvalue weighted by atomic mass is 10.1. The van der Waals surface area contributed by atoms with Gasteiger partial charge in [-0.25, -0.2) is 0 Å². The molecule has 5 heteroatoms. The Labute approximate surface area is 144 Å². The summed E-state index contributed by atoms with van der Waals surface area (Å²) in [5.74, 6) is 0.0565. The fraction of sp³-hybridized carbons (Fsp3) is 0.579. The van der Waals surface area contributed by atoms with Gasteiger partial charge in [0.15, 0.2) is 0 Å². The van der Waals surface area contributed by atoms with Crippen LogP contribution in [0, 0.1) is 0 Å². The molecule has 0 spiro atoms. The minimum absolute atomic E-state index is 0.000688. The number of hydrogen-bond acceptors (Lipinski definition) is 3. The first-order valence-electron chi connectivity index (χ1n) is 9.04. The van der Waals surface area contributed by atoms with Crippen molar-refractivity contribution in [3.05, 3.63) is 24.3 Å². The third-order valence-electron chi connectivity index (χ3n) is 4.33. The summed E-state index contributed by atoms with van der Waals surface area (Å²) in [7, 11) is 0. The Hall–Kier alpha value is -2.04. The molecule has 1 aliphatic heterocycles. The number of carbonyl (C=O) groups excluding carboxylic acids is 2. The summed E-state index contributed by atoms with van der Waals surface area (Å²) < 4.78 is 0. The number of unbranched alkanes of at least 4 members (excludes halogenated alkanes) is 2. The molecule has 132 valence electrons. The third kappa shape index (κ3) is 6.60. The highest BCUT2D eigenvalue weighted by atomic mass is 16.2. The summed E-state index contributed by atoms with van der Waals surface area (Å²) in [6, 6.07) is 8.15. The van der Waals surface area contributed by atoms with E-state index in [2.05, 4.69) is 27.7 Å². The van der Waals surface area contributed by atoms with E-state index in [-0.39, 0.29) is 11.8 Å². The van der Waals surface area contributed by atoms with Crippen LogP contribution in [-0.2, 0) is 9.59 Å². The first kappa shape index (κ1) is 18.3. The molecular weight excluding hydrogens is 302 g/mol. The molecule has 0 saturated carbocycles. The average Bonchev–Trinajstić information content (AvgIpc) is 2.59. The molecule has 0 aliphatic carbocycles. The fourth-order valence-electron chi connectivity index (χ4n) is 2.98. The zero-order valence-corrected chi connectivity index (χ0v) is 14.6. The Morgan fingerprint density at radius 3 is 2.38 bits per heavy atom. The van der Waals surface area contributed by atoms with Gasteiger partial charge in [-0.05, 0) is 56.4 Å². The molecule has 1 saturated heterocycles. The first-order valence-corrected chi connectivity index (χ1v) is 9.04. The number of piperidine rings is 1. The second kappa shape index (κ2) is 9.96. The molecule has 2 N–H and O–H groups in total. The lowest BCUT2D eigenvalue weighted by Gasteiger charge is -2.28. The second-order valence-electron chi connectivity index (χ2n) is 6.44. The van der Waals surface area contributed by atoms with Gasteiger partial charge in [-0.1, -0.05) is 6.42 Å². The van der Waals surface area contributed by atoms with Crippen LogP contribution in [0.4, 0.5) is 11.4 Å². The highest BCUT2D eigenvalue weighted by Gasteiger charge is 2.10. The summed E-state index contributed by atoms with van der Waals surface area (Å²) in [5, 5.41) is 5.72. The van der Waals surface area contributed by atoms with Gasteiger partial charge >= 0.3 is 0 Å². The predicted octanol–water partition coefficient (Wildman–Crippen LogP) is 3.31. The van der Waals surface area contributed by atoms with Crippen molar-refractivity contribution in [3.63, 3.8) is 0 Å². The maximum Gasteiger partial charge on any atom is 0.224 e. The fourth-order valence-corrected chi connectivity index (χ4v) is 2.98. The molecule has 0 aromatic heterocycles. The maximum atomic E-state index is 11.9. The van der Waals surface area contributed by atoms with Gasteiger partial charge in [0.25, 0.3) is 0 Å². The van der Waals surface area contributed by atoms with Gasteiger partial charge in [0.05, 0.1) is 0 Å². The van der Waals surface area contributed by atoms with E-state index >= 15 is 0 Å². The standard InChI is InChI=1S/C19H29N3O2/c1-16(23)20-13-5-2-4-8-19(24)21-17-9-11-18(12-10-17)22-14-6-3-7-15-22/h9-12H,2-8,13-15H2,1H3,(H,20,23)(H,21,24). The number of rotatable bonds is 8. The summed E-state index contributed by atoms with van der Waals surface area (Å²) in [6.45, 7) is 4.47. The van der Waals surface area contributed by atoms with Gasteiger partial charge in [0.1, 0.15) is 0 Å². The van der Waals surface area contributed by atoms with Crippen LogP contribution in [0.25, 0.3) is 0 Å². The SMILES string of the molecule is CC(=O)NCCCCCC(=O)Nc1ccc(N2CCCCC2)cc1. The van der Waals surface area contributed by atoms with Gasteiger partial charge in [-0.3, -0.25) is 9.59 Å². The molecular formula is C19H29N3O2. The van der Waals surface area contributed by atoms with Crippen LogP contribution in [0.3, 0.4) is 0 Å². The van der Waals surface area contributed by atoms with E-state index in [1.54, 1.807) is 0 Å². The van der Waals surface area contributed by atoms with Crippen molar-refractivity contribution in [1.82, 2.24) is 5.32 Å². The van der Waals surface area contributed by atoms with Crippen molar-refractivity contribution in [3.8, 4) is 0 Å². The highest BCUT2D eigenvalue weighted by Crippen LogP contribution is 2.21. The van der Waals surface area contributed by atoms with Gasteiger partial charge in [0, 0.05) is 44.4 Å². The molecule has 0 atom stereocenters. The van der Waals surface area contributed by atoms with Crippen molar-refractivity contribution in [2.45, 2.75) is 51.9 Å². The van der Waals surface area contributed by atoms with Crippen LogP contribution in [0.1, 0.15) is 51.9 Å². The van der Waals surface area contributed by atoms with Crippen LogP contribution >= 0.6 is 0 Å². The highest BCUT2D eigenvalue weighted by molar-refractivity contribution is 5.90. The number of amides is 2. The van der Waals surface area contributed by atoms with Crippen LogP contribution in [0.5, 0.6) is 0 Å². The smallest absolute Gasteiger partial charge is 0.224 e. The number of nitrogens with one attached hydrogen (secondary N) is 2. The predicted molar refractivity (Wildman–Crippen MR) is 98.3 cm³/mol. The average molecular weight is 331 g/mol. The molecule has 1 heterocycles. The molecule has 0 bridgehead atoms. The second-order valence-corrected chi connectivity index (χ2v) is 6.44. The number of nitrogens with zero attached hydrogens (tertiary/aromatic N) is 1. The zero-order chi connectivity index (χ0) is 17.2. The van der Waals surface area contributed by atoms with E-state index in [1.165, 1.54) is 31.9 Å². The monoisotopic (exact) mass is 331 g/mol. The lowest BCUT2D eigenvalue weighted by Crippen LogP contribution is -2.29. The Bertz CT molecular complexity index is 522. The minimum Gasteiger partial charge on any atom is -0.372 e. The van der Waals surface area contributed by atoms with Crippen molar-refractivity contribution < 1.29 is 9.59 Å². The molecule has 2 amide bonds. The summed E-state index contributed by atoms with van der Waals surface area (Å²) >= 11 is 0. The van der Waals surface area contributed by atoms with E-state index in [9.17, 15) is 9.59 Å². The Balaban J connectivity index is 1.65.